The van der Waals surface area contributed by atoms with E-state index in [1.165, 1.54) is 26.1 Å². The van der Waals surface area contributed by atoms with Gasteiger partial charge >= 0.3 is 0 Å². The fourth-order valence-electron chi connectivity index (χ4n) is 4.68. The van der Waals surface area contributed by atoms with E-state index in [1.54, 1.807) is 11.3 Å². The lowest BCUT2D eigenvalue weighted by molar-refractivity contribution is 0.595. The molecule has 2 nitrogen and oxygen atoms in total. The summed E-state index contributed by atoms with van der Waals surface area (Å²) in [5.74, 6) is 0. The van der Waals surface area contributed by atoms with Crippen LogP contribution in [0.2, 0.25) is 0 Å². The predicted octanol–water partition coefficient (Wildman–Crippen LogP) is 9.48. The monoisotopic (exact) mass is 500 g/mol. The summed E-state index contributed by atoms with van der Waals surface area (Å²) in [5, 5.41) is 1.27. The van der Waals surface area contributed by atoms with E-state index in [0.717, 1.165) is 40.3 Å². The molecule has 3 heteroatoms. The zero-order valence-corrected chi connectivity index (χ0v) is 22.8. The second-order valence-corrected chi connectivity index (χ2v) is 10.9. The Bertz CT molecular complexity index is 1620. The van der Waals surface area contributed by atoms with Crippen LogP contribution in [0.5, 0.6) is 0 Å². The quantitative estimate of drug-likeness (QED) is 0.222. The molecule has 0 saturated carbocycles. The van der Waals surface area contributed by atoms with E-state index in [4.69, 9.17) is 9.97 Å². The fraction of sp³-hybridized carbons (Fsp3) is 0.176. The molecule has 3 aromatic heterocycles. The molecule has 0 N–H and O–H groups in total. The summed E-state index contributed by atoms with van der Waals surface area (Å²) >= 11 is 1.78. The highest BCUT2D eigenvalue weighted by atomic mass is 32.1. The Hall–Kier alpha value is -3.82. The molecule has 5 rings (SSSR count). The van der Waals surface area contributed by atoms with Crippen molar-refractivity contribution in [3.63, 3.8) is 0 Å². The molecule has 0 atom stereocenters. The first-order chi connectivity index (χ1) is 17.9. The molecule has 0 bridgehead atoms. The van der Waals surface area contributed by atoms with Crippen LogP contribution in [0.4, 0.5) is 0 Å². The molecule has 0 aliphatic carbocycles. The third kappa shape index (κ3) is 4.80. The standard InChI is InChI=1S/C34H32N2S/c1-6-7-15-27-26-17-10-11-20-30(26)37-33(27)24(3)28-18-12-21-31(35-28)34(4,5)32-22-13-19-29(36-32)25-16-9-8-14-23(25)2/h7-22H,3,6H2,1-2,4-5H3/b15-7-. The van der Waals surface area contributed by atoms with E-state index in [0.29, 0.717) is 0 Å². The molecule has 0 saturated heterocycles. The Kier molecular flexibility index (Phi) is 6.90. The summed E-state index contributed by atoms with van der Waals surface area (Å²) in [5.41, 5.74) is 8.05. The van der Waals surface area contributed by atoms with Crippen molar-refractivity contribution in [3.8, 4) is 11.3 Å². The molecule has 5 aromatic rings. The van der Waals surface area contributed by atoms with E-state index in [9.17, 15) is 0 Å². The summed E-state index contributed by atoms with van der Waals surface area (Å²) in [6.07, 6.45) is 5.44. The minimum atomic E-state index is -0.375. The molecular weight excluding hydrogens is 468 g/mol. The zero-order valence-electron chi connectivity index (χ0n) is 22.0. The Morgan fingerprint density at radius 1 is 0.865 bits per heavy atom. The molecule has 2 aromatic carbocycles. The Morgan fingerprint density at radius 2 is 1.57 bits per heavy atom. The Morgan fingerprint density at radius 3 is 2.35 bits per heavy atom. The lowest BCUT2D eigenvalue weighted by Gasteiger charge is -2.25. The average Bonchev–Trinajstić information content (AvgIpc) is 3.30. The molecule has 0 aliphatic rings. The normalized spacial score (nSPS) is 11.9. The third-order valence-corrected chi connectivity index (χ3v) is 8.18. The first kappa shape index (κ1) is 24.9. The molecule has 0 unspecified atom stereocenters. The van der Waals surface area contributed by atoms with Crippen LogP contribution in [0, 0.1) is 6.92 Å². The van der Waals surface area contributed by atoms with Crippen LogP contribution in [0.1, 0.15) is 60.3 Å². The number of fused-ring (bicyclic) bond motifs is 1. The SMILES string of the molecule is C=C(c1cccc(C(C)(C)c2cccc(-c3ccccc3C)n2)n1)c1sc2ccccc2c1/C=C\CC. The van der Waals surface area contributed by atoms with Gasteiger partial charge in [-0.25, -0.2) is 0 Å². The highest BCUT2D eigenvalue weighted by Crippen LogP contribution is 2.39. The van der Waals surface area contributed by atoms with Gasteiger partial charge in [0.2, 0.25) is 0 Å². The minimum Gasteiger partial charge on any atom is -0.252 e. The van der Waals surface area contributed by atoms with Gasteiger partial charge in [-0.05, 0) is 63.1 Å². The summed E-state index contributed by atoms with van der Waals surface area (Å²) in [4.78, 5) is 11.4. The molecule has 37 heavy (non-hydrogen) atoms. The van der Waals surface area contributed by atoms with Gasteiger partial charge < -0.3 is 0 Å². The van der Waals surface area contributed by atoms with Gasteiger partial charge in [-0.1, -0.05) is 80.3 Å². The molecular formula is C34H32N2S. The minimum absolute atomic E-state index is 0.375. The van der Waals surface area contributed by atoms with Crippen LogP contribution >= 0.6 is 11.3 Å². The van der Waals surface area contributed by atoms with E-state index >= 15 is 0 Å². The molecule has 0 fully saturated rings. The number of thiophene rings is 1. The van der Waals surface area contributed by atoms with Crippen molar-refractivity contribution >= 4 is 33.1 Å². The Balaban J connectivity index is 1.54. The van der Waals surface area contributed by atoms with Gasteiger partial charge in [-0.2, -0.15) is 0 Å². The van der Waals surface area contributed by atoms with Gasteiger partial charge in [0.25, 0.3) is 0 Å². The van der Waals surface area contributed by atoms with Crippen LogP contribution in [-0.4, -0.2) is 9.97 Å². The van der Waals surface area contributed by atoms with Crippen molar-refractivity contribution < 1.29 is 0 Å². The first-order valence-electron chi connectivity index (χ1n) is 12.8. The van der Waals surface area contributed by atoms with Crippen LogP contribution in [0.25, 0.3) is 33.0 Å². The van der Waals surface area contributed by atoms with Gasteiger partial charge in [0.05, 0.1) is 22.8 Å². The first-order valence-corrected chi connectivity index (χ1v) is 13.6. The highest BCUT2D eigenvalue weighted by molar-refractivity contribution is 7.20. The lowest BCUT2D eigenvalue weighted by Crippen LogP contribution is -2.22. The molecule has 0 radical (unpaired) electrons. The fourth-order valence-corrected chi connectivity index (χ4v) is 5.85. The Labute approximate surface area is 224 Å². The van der Waals surface area contributed by atoms with Gasteiger partial charge in [0.15, 0.2) is 0 Å². The van der Waals surface area contributed by atoms with Gasteiger partial charge in [-0.15, -0.1) is 11.3 Å². The molecule has 0 spiro atoms. The number of hydrogen-bond acceptors (Lipinski definition) is 3. The number of allylic oxidation sites excluding steroid dienone is 1. The largest absolute Gasteiger partial charge is 0.252 e. The zero-order chi connectivity index (χ0) is 26.0. The molecule has 184 valence electrons. The second kappa shape index (κ2) is 10.3. The highest BCUT2D eigenvalue weighted by Gasteiger charge is 2.27. The lowest BCUT2D eigenvalue weighted by atomic mass is 9.84. The second-order valence-electron chi connectivity index (χ2n) is 9.89. The molecule has 0 aliphatic heterocycles. The summed E-state index contributed by atoms with van der Waals surface area (Å²) in [6.45, 7) is 13.2. The smallest absolute Gasteiger partial charge is 0.0714 e. The summed E-state index contributed by atoms with van der Waals surface area (Å²) in [7, 11) is 0. The van der Waals surface area contributed by atoms with Crippen molar-refractivity contribution in [1.82, 2.24) is 9.97 Å². The number of aromatic nitrogens is 2. The summed E-state index contributed by atoms with van der Waals surface area (Å²) < 4.78 is 1.27. The van der Waals surface area contributed by atoms with Crippen molar-refractivity contribution in [1.29, 1.82) is 0 Å². The molecule has 0 amide bonds. The maximum Gasteiger partial charge on any atom is 0.0714 e. The van der Waals surface area contributed by atoms with E-state index < -0.39 is 0 Å². The van der Waals surface area contributed by atoms with Gasteiger partial charge in [0.1, 0.15) is 0 Å². The maximum absolute atomic E-state index is 5.15. The van der Waals surface area contributed by atoms with E-state index in [2.05, 4.69) is 131 Å². The van der Waals surface area contributed by atoms with Crippen LogP contribution < -0.4 is 0 Å². The summed E-state index contributed by atoms with van der Waals surface area (Å²) in [6, 6.07) is 29.5. The number of nitrogens with zero attached hydrogens (tertiary/aromatic N) is 2. The van der Waals surface area contributed by atoms with Crippen molar-refractivity contribution in [3.05, 3.63) is 131 Å². The van der Waals surface area contributed by atoms with Crippen LogP contribution in [0.15, 0.2) is 97.6 Å². The maximum atomic E-state index is 5.15. The topological polar surface area (TPSA) is 25.8 Å². The average molecular weight is 501 g/mol. The van der Waals surface area contributed by atoms with Gasteiger partial charge in [0, 0.05) is 37.1 Å². The number of aryl methyl sites for hydroxylation is 1. The number of hydrogen-bond donors (Lipinski definition) is 0. The number of benzene rings is 2. The van der Waals surface area contributed by atoms with Gasteiger partial charge in [-0.3, -0.25) is 9.97 Å². The van der Waals surface area contributed by atoms with Crippen molar-refractivity contribution in [2.45, 2.75) is 39.5 Å². The van der Waals surface area contributed by atoms with E-state index in [1.807, 2.05) is 0 Å². The van der Waals surface area contributed by atoms with Crippen molar-refractivity contribution in [2.75, 3.05) is 0 Å². The van der Waals surface area contributed by atoms with Crippen LogP contribution in [-0.2, 0) is 5.41 Å². The third-order valence-electron chi connectivity index (χ3n) is 6.94. The van der Waals surface area contributed by atoms with Crippen LogP contribution in [0.3, 0.4) is 0 Å². The molecule has 3 heterocycles. The van der Waals surface area contributed by atoms with Crippen molar-refractivity contribution in [2.24, 2.45) is 0 Å². The van der Waals surface area contributed by atoms with E-state index in [-0.39, 0.29) is 5.41 Å². The predicted molar refractivity (Wildman–Crippen MR) is 160 cm³/mol. The number of rotatable bonds is 7. The number of pyridine rings is 2.